The number of aliphatic carboxylic acids is 1. The number of amides is 2. The van der Waals surface area contributed by atoms with Gasteiger partial charge in [-0.3, -0.25) is 19.4 Å². The monoisotopic (exact) mass is 467 g/mol. The molecule has 3 rings (SSSR count). The van der Waals surface area contributed by atoms with Gasteiger partial charge < -0.3 is 21.5 Å². The maximum absolute atomic E-state index is 12.5. The molecule has 0 saturated heterocycles. The number of ketones is 1. The van der Waals surface area contributed by atoms with Gasteiger partial charge in [0, 0.05) is 23.6 Å². The highest BCUT2D eigenvalue weighted by atomic mass is 16.4. The van der Waals surface area contributed by atoms with Crippen molar-refractivity contribution in [3.63, 3.8) is 0 Å². The number of nitrogens with one attached hydrogen (secondary N) is 2. The zero-order chi connectivity index (χ0) is 24.8. The van der Waals surface area contributed by atoms with Gasteiger partial charge in [0.1, 0.15) is 11.8 Å². The lowest BCUT2D eigenvalue weighted by Crippen LogP contribution is -2.41. The summed E-state index contributed by atoms with van der Waals surface area (Å²) in [5.74, 6) is -2.48. The minimum absolute atomic E-state index is 0.0230. The van der Waals surface area contributed by atoms with Crippen LogP contribution in [0.25, 0.3) is 0 Å². The Kier molecular flexibility index (Phi) is 7.61. The molecule has 12 nitrogen and oxygen atoms in total. The van der Waals surface area contributed by atoms with Gasteiger partial charge in [-0.1, -0.05) is 13.8 Å². The maximum Gasteiger partial charge on any atom is 0.326 e. The molecule has 2 amide bonds. The summed E-state index contributed by atoms with van der Waals surface area (Å²) in [6, 6.07) is 4.32. The average Bonchev–Trinajstić information content (AvgIpc) is 2.80. The van der Waals surface area contributed by atoms with Gasteiger partial charge in [0.05, 0.1) is 18.5 Å². The summed E-state index contributed by atoms with van der Waals surface area (Å²) in [6.07, 6.45) is 1.58. The van der Waals surface area contributed by atoms with Crippen molar-refractivity contribution in [2.75, 3.05) is 11.9 Å². The lowest BCUT2D eigenvalue weighted by atomic mass is 10.0. The number of benzene rings is 1. The van der Waals surface area contributed by atoms with Gasteiger partial charge in [0.2, 0.25) is 5.96 Å². The molecule has 0 saturated carbocycles. The number of fused-ring (bicyclic) bond motifs is 1. The van der Waals surface area contributed by atoms with Gasteiger partial charge in [-0.25, -0.2) is 9.79 Å². The van der Waals surface area contributed by atoms with Gasteiger partial charge in [-0.15, -0.1) is 0 Å². The number of carboxylic acid groups (broad SMARTS) is 1. The van der Waals surface area contributed by atoms with Crippen molar-refractivity contribution in [3.05, 3.63) is 29.8 Å². The van der Waals surface area contributed by atoms with E-state index in [0.29, 0.717) is 11.4 Å². The Hall–Kier alpha value is -4.22. The minimum Gasteiger partial charge on any atom is -0.480 e. The van der Waals surface area contributed by atoms with Crippen LogP contribution in [0.5, 0.6) is 0 Å². The van der Waals surface area contributed by atoms with Crippen molar-refractivity contribution in [2.45, 2.75) is 38.8 Å². The normalized spacial score (nSPS) is 17.8. The number of rotatable bonds is 10. The number of nitrogens with zero attached hydrogens (tertiary/aromatic N) is 4. The second kappa shape index (κ2) is 10.6. The summed E-state index contributed by atoms with van der Waals surface area (Å²) in [5, 5.41) is 14.9. The first-order valence-corrected chi connectivity index (χ1v) is 10.6. The van der Waals surface area contributed by atoms with Gasteiger partial charge in [0.15, 0.2) is 11.9 Å². The fourth-order valence-electron chi connectivity index (χ4n) is 3.14. The van der Waals surface area contributed by atoms with Crippen molar-refractivity contribution in [2.24, 2.45) is 31.6 Å². The van der Waals surface area contributed by atoms with E-state index < -0.39 is 29.9 Å². The molecule has 2 atom stereocenters. The Balaban J connectivity index is 1.55. The van der Waals surface area contributed by atoms with Crippen LogP contribution in [-0.2, 0) is 14.4 Å². The molecule has 2 aliphatic rings. The van der Waals surface area contributed by atoms with Crippen molar-refractivity contribution < 1.29 is 24.3 Å². The molecule has 0 aromatic heterocycles. The zero-order valence-electron chi connectivity index (χ0n) is 18.7. The van der Waals surface area contributed by atoms with E-state index in [4.69, 9.17) is 5.73 Å². The first kappa shape index (κ1) is 24.4. The fourth-order valence-corrected chi connectivity index (χ4v) is 3.14. The van der Waals surface area contributed by atoms with Crippen LogP contribution in [0.3, 0.4) is 0 Å². The second-order valence-corrected chi connectivity index (χ2v) is 8.01. The number of anilines is 1. The summed E-state index contributed by atoms with van der Waals surface area (Å²) in [6.45, 7) is 3.74. The van der Waals surface area contributed by atoms with Gasteiger partial charge in [0.25, 0.3) is 11.8 Å². The standard InChI is InChI=1S/C22H25N7O5/c1-11(2)16(30)8-7-15(21(33)34)27-19(31)12-3-5-13(6-4-12)24-9-14-10-25-18-17(26-14)20(32)29-22(23)28-18/h3-6,10-11,15,17,24H,7-9H2,1-2H3,(H,27,31)(H,33,34)(H2,23,29,32). The Labute approximate surface area is 195 Å². The van der Waals surface area contributed by atoms with Crippen molar-refractivity contribution in [1.82, 2.24) is 5.32 Å². The van der Waals surface area contributed by atoms with E-state index in [9.17, 15) is 24.3 Å². The second-order valence-electron chi connectivity index (χ2n) is 8.01. The highest BCUT2D eigenvalue weighted by Gasteiger charge is 2.30. The number of hydrogen-bond acceptors (Lipinski definition) is 9. The number of Topliss-reactive ketones (excluding diaryl/α,β-unsaturated/α-hetero) is 1. The third-order valence-corrected chi connectivity index (χ3v) is 5.12. The van der Waals surface area contributed by atoms with E-state index in [0.717, 1.165) is 0 Å². The lowest BCUT2D eigenvalue weighted by Gasteiger charge is -2.18. The number of aliphatic imine (C=N–C) groups is 4. The third kappa shape index (κ3) is 6.18. The van der Waals surface area contributed by atoms with Crippen LogP contribution in [-0.4, -0.2) is 71.0 Å². The molecule has 1 aromatic rings. The summed E-state index contributed by atoms with van der Waals surface area (Å²) in [5.41, 5.74) is 6.90. The summed E-state index contributed by atoms with van der Waals surface area (Å²) < 4.78 is 0. The summed E-state index contributed by atoms with van der Waals surface area (Å²) >= 11 is 0. The Morgan fingerprint density at radius 1 is 1.15 bits per heavy atom. The van der Waals surface area contributed by atoms with Gasteiger partial charge >= 0.3 is 5.97 Å². The number of nitrogens with two attached hydrogens (primary N) is 1. The van der Waals surface area contributed by atoms with Crippen LogP contribution in [0.2, 0.25) is 0 Å². The largest absolute Gasteiger partial charge is 0.480 e. The molecule has 2 aliphatic heterocycles. The molecular weight excluding hydrogens is 442 g/mol. The van der Waals surface area contributed by atoms with Crippen LogP contribution in [0, 0.1) is 5.92 Å². The van der Waals surface area contributed by atoms with Crippen LogP contribution in [0.15, 0.2) is 44.2 Å². The van der Waals surface area contributed by atoms with Crippen molar-refractivity contribution in [1.29, 1.82) is 0 Å². The molecule has 0 spiro atoms. The van der Waals surface area contributed by atoms with E-state index in [1.807, 2.05) is 0 Å². The van der Waals surface area contributed by atoms with E-state index >= 15 is 0 Å². The van der Waals surface area contributed by atoms with E-state index in [1.165, 1.54) is 6.21 Å². The molecule has 0 fully saturated rings. The number of carbonyl (C=O) groups is 4. The fraction of sp³-hybridized carbons (Fsp3) is 0.364. The topological polar surface area (TPSA) is 188 Å². The summed E-state index contributed by atoms with van der Waals surface area (Å²) in [7, 11) is 0. The molecule has 0 aliphatic carbocycles. The maximum atomic E-state index is 12.5. The minimum atomic E-state index is -1.20. The quantitative estimate of drug-likeness (QED) is 0.384. The van der Waals surface area contributed by atoms with E-state index in [1.54, 1.807) is 38.1 Å². The lowest BCUT2D eigenvalue weighted by molar-refractivity contribution is -0.139. The van der Waals surface area contributed by atoms with Crippen LogP contribution < -0.4 is 16.4 Å². The molecular formula is C22H25N7O5. The number of amidine groups is 1. The van der Waals surface area contributed by atoms with Gasteiger partial charge in [-0.05, 0) is 30.7 Å². The van der Waals surface area contributed by atoms with E-state index in [-0.39, 0.29) is 48.4 Å². The molecule has 178 valence electrons. The molecule has 2 unspecified atom stereocenters. The van der Waals surface area contributed by atoms with Crippen molar-refractivity contribution >= 4 is 53.0 Å². The van der Waals surface area contributed by atoms with Crippen LogP contribution in [0.4, 0.5) is 5.69 Å². The number of carbonyl (C=O) groups excluding carboxylic acids is 3. The summed E-state index contributed by atoms with van der Waals surface area (Å²) in [4.78, 5) is 63.5. The predicted molar refractivity (Wildman–Crippen MR) is 127 cm³/mol. The first-order valence-electron chi connectivity index (χ1n) is 10.6. The van der Waals surface area contributed by atoms with Gasteiger partial charge in [-0.2, -0.15) is 9.98 Å². The molecule has 1 aromatic carbocycles. The molecule has 2 heterocycles. The Morgan fingerprint density at radius 3 is 2.50 bits per heavy atom. The smallest absolute Gasteiger partial charge is 0.326 e. The Morgan fingerprint density at radius 2 is 1.85 bits per heavy atom. The third-order valence-electron chi connectivity index (χ3n) is 5.12. The predicted octanol–water partition coefficient (Wildman–Crippen LogP) is 0.434. The zero-order valence-corrected chi connectivity index (χ0v) is 18.7. The molecule has 34 heavy (non-hydrogen) atoms. The molecule has 0 bridgehead atoms. The highest BCUT2D eigenvalue weighted by molar-refractivity contribution is 6.38. The Bertz CT molecular complexity index is 1120. The number of carboxylic acids is 1. The SMILES string of the molecule is CC(C)C(=O)CCC(NC(=O)c1ccc(NCC2=NC3C(=O)N=C(N)N=C3N=C2)cc1)C(=O)O. The van der Waals surface area contributed by atoms with E-state index in [2.05, 4.69) is 30.6 Å². The first-order chi connectivity index (χ1) is 16.1. The molecule has 5 N–H and O–H groups in total. The molecule has 12 heteroatoms. The van der Waals surface area contributed by atoms with Crippen molar-refractivity contribution in [3.8, 4) is 0 Å². The number of hydrogen-bond donors (Lipinski definition) is 4. The average molecular weight is 467 g/mol. The number of guanidine groups is 1. The molecule has 0 radical (unpaired) electrons. The highest BCUT2D eigenvalue weighted by Crippen LogP contribution is 2.13. The van der Waals surface area contributed by atoms with Crippen LogP contribution >= 0.6 is 0 Å². The van der Waals surface area contributed by atoms with Crippen LogP contribution in [0.1, 0.15) is 37.0 Å².